The second kappa shape index (κ2) is 10.4. The van der Waals surface area contributed by atoms with Crippen LogP contribution in [0.5, 0.6) is 0 Å². The Morgan fingerprint density at radius 3 is 2.30 bits per heavy atom. The first kappa shape index (κ1) is 25.5. The van der Waals surface area contributed by atoms with E-state index >= 15 is 0 Å². The number of ether oxygens (including phenoxy) is 2. The Labute approximate surface area is 197 Å². The number of aromatic nitrogens is 2. The third kappa shape index (κ3) is 6.93. The summed E-state index contributed by atoms with van der Waals surface area (Å²) in [4.78, 5) is 29.7. The van der Waals surface area contributed by atoms with Crippen molar-refractivity contribution in [3.8, 4) is 0 Å². The zero-order valence-corrected chi connectivity index (χ0v) is 21.1. The number of rotatable bonds is 5. The van der Waals surface area contributed by atoms with Crippen LogP contribution in [-0.2, 0) is 15.0 Å². The normalized spacial score (nSPS) is 18.9. The van der Waals surface area contributed by atoms with Gasteiger partial charge in [-0.15, -0.1) is 0 Å². The molecule has 3 rings (SSSR count). The maximum absolute atomic E-state index is 13.1. The quantitative estimate of drug-likeness (QED) is 0.722. The molecule has 0 aliphatic carbocycles. The first-order chi connectivity index (χ1) is 15.5. The van der Waals surface area contributed by atoms with Crippen LogP contribution in [0.2, 0.25) is 0 Å². The van der Waals surface area contributed by atoms with Crippen molar-refractivity contribution in [1.29, 1.82) is 0 Å². The van der Waals surface area contributed by atoms with Crippen LogP contribution in [0.15, 0.2) is 6.20 Å². The van der Waals surface area contributed by atoms with Gasteiger partial charge in [-0.25, -0.2) is 4.79 Å². The lowest BCUT2D eigenvalue weighted by Crippen LogP contribution is -2.42. The second-order valence-electron chi connectivity index (χ2n) is 11.0. The summed E-state index contributed by atoms with van der Waals surface area (Å²) < 4.78 is 12.9. The molecule has 2 amide bonds. The molecule has 33 heavy (non-hydrogen) atoms. The fourth-order valence-electron chi connectivity index (χ4n) is 4.37. The SMILES string of the molecule is CC(C)(C)OC(=O)N1CCC(c2c(C(=O)NCCN3CCOCC3)cnn2C(C)(C)C)CC1. The van der Waals surface area contributed by atoms with Gasteiger partial charge in [-0.05, 0) is 54.4 Å². The van der Waals surface area contributed by atoms with Gasteiger partial charge >= 0.3 is 6.09 Å². The minimum Gasteiger partial charge on any atom is -0.444 e. The molecule has 0 saturated carbocycles. The van der Waals surface area contributed by atoms with E-state index in [1.807, 2.05) is 25.5 Å². The molecule has 3 heterocycles. The average Bonchev–Trinajstić information content (AvgIpc) is 3.19. The van der Waals surface area contributed by atoms with Crippen molar-refractivity contribution in [2.24, 2.45) is 0 Å². The van der Waals surface area contributed by atoms with Gasteiger partial charge in [0.25, 0.3) is 5.91 Å². The van der Waals surface area contributed by atoms with E-state index in [-0.39, 0.29) is 23.5 Å². The summed E-state index contributed by atoms with van der Waals surface area (Å²) in [5, 5.41) is 7.69. The van der Waals surface area contributed by atoms with Crippen LogP contribution in [0.25, 0.3) is 0 Å². The van der Waals surface area contributed by atoms with Crippen LogP contribution in [-0.4, -0.2) is 89.7 Å². The van der Waals surface area contributed by atoms with E-state index < -0.39 is 5.60 Å². The lowest BCUT2D eigenvalue weighted by molar-refractivity contribution is 0.0201. The van der Waals surface area contributed by atoms with E-state index in [1.54, 1.807) is 11.1 Å². The number of hydrogen-bond donors (Lipinski definition) is 1. The van der Waals surface area contributed by atoms with Gasteiger partial charge in [0.05, 0.1) is 36.2 Å². The molecular weight excluding hydrogens is 422 g/mol. The standard InChI is InChI=1S/C24H41N5O4/c1-23(2,3)29-20(18-7-10-28(11-8-18)22(31)33-24(4,5)6)19(17-26-29)21(30)25-9-12-27-13-15-32-16-14-27/h17-18H,7-16H2,1-6H3,(H,25,30). The van der Waals surface area contributed by atoms with Gasteiger partial charge in [-0.2, -0.15) is 5.10 Å². The average molecular weight is 464 g/mol. The van der Waals surface area contributed by atoms with Crippen LogP contribution < -0.4 is 5.32 Å². The van der Waals surface area contributed by atoms with Crippen molar-refractivity contribution in [2.75, 3.05) is 52.5 Å². The molecule has 1 aromatic rings. The molecule has 0 atom stereocenters. The Kier molecular flexibility index (Phi) is 8.05. The van der Waals surface area contributed by atoms with Gasteiger partial charge in [0.2, 0.25) is 0 Å². The molecule has 2 fully saturated rings. The van der Waals surface area contributed by atoms with Crippen molar-refractivity contribution in [1.82, 2.24) is 24.9 Å². The molecule has 0 radical (unpaired) electrons. The molecule has 2 saturated heterocycles. The van der Waals surface area contributed by atoms with E-state index in [0.29, 0.717) is 25.2 Å². The minimum absolute atomic E-state index is 0.0802. The fraction of sp³-hybridized carbons (Fsp3) is 0.792. The highest BCUT2D eigenvalue weighted by Gasteiger charge is 2.33. The van der Waals surface area contributed by atoms with E-state index in [1.165, 1.54) is 0 Å². The Morgan fingerprint density at radius 1 is 1.09 bits per heavy atom. The Bertz CT molecular complexity index is 810. The largest absolute Gasteiger partial charge is 0.444 e. The first-order valence-corrected chi connectivity index (χ1v) is 12.1. The molecule has 0 unspecified atom stereocenters. The van der Waals surface area contributed by atoms with Gasteiger partial charge in [-0.3, -0.25) is 14.4 Å². The number of likely N-dealkylation sites (tertiary alicyclic amines) is 1. The van der Waals surface area contributed by atoms with Crippen molar-refractivity contribution >= 4 is 12.0 Å². The maximum Gasteiger partial charge on any atom is 0.410 e. The van der Waals surface area contributed by atoms with Gasteiger partial charge in [0.15, 0.2) is 0 Å². The number of nitrogens with one attached hydrogen (secondary N) is 1. The highest BCUT2D eigenvalue weighted by atomic mass is 16.6. The molecule has 9 heteroatoms. The predicted molar refractivity (Wildman–Crippen MR) is 127 cm³/mol. The van der Waals surface area contributed by atoms with E-state index in [9.17, 15) is 9.59 Å². The number of carbonyl (C=O) groups excluding carboxylic acids is 2. The summed E-state index contributed by atoms with van der Waals surface area (Å²) in [6.07, 6.45) is 2.97. The van der Waals surface area contributed by atoms with E-state index in [2.05, 4.69) is 36.1 Å². The molecule has 1 N–H and O–H groups in total. The Balaban J connectivity index is 1.67. The van der Waals surface area contributed by atoms with Crippen LogP contribution in [0, 0.1) is 0 Å². The number of morpholine rings is 1. The van der Waals surface area contributed by atoms with E-state index in [0.717, 1.165) is 51.4 Å². The summed E-state index contributed by atoms with van der Waals surface area (Å²) in [6, 6.07) is 0. The summed E-state index contributed by atoms with van der Waals surface area (Å²) in [5.41, 5.74) is 0.854. The van der Waals surface area contributed by atoms with Gasteiger partial charge in [0, 0.05) is 45.2 Å². The van der Waals surface area contributed by atoms with E-state index in [4.69, 9.17) is 9.47 Å². The summed E-state index contributed by atoms with van der Waals surface area (Å²) in [6.45, 7) is 17.8. The second-order valence-corrected chi connectivity index (χ2v) is 11.0. The zero-order chi connectivity index (χ0) is 24.2. The van der Waals surface area contributed by atoms with Crippen molar-refractivity contribution in [3.05, 3.63) is 17.5 Å². The molecule has 2 aliphatic rings. The van der Waals surface area contributed by atoms with Crippen molar-refractivity contribution in [3.63, 3.8) is 0 Å². The van der Waals surface area contributed by atoms with Gasteiger partial charge in [-0.1, -0.05) is 0 Å². The predicted octanol–water partition coefficient (Wildman–Crippen LogP) is 2.81. The topological polar surface area (TPSA) is 88.9 Å². The molecular formula is C24H41N5O4. The molecule has 2 aliphatic heterocycles. The van der Waals surface area contributed by atoms with Crippen molar-refractivity contribution < 1.29 is 19.1 Å². The first-order valence-electron chi connectivity index (χ1n) is 12.1. The summed E-state index contributed by atoms with van der Waals surface area (Å²) in [5.74, 6) is 0.0775. The fourth-order valence-corrected chi connectivity index (χ4v) is 4.37. The number of amides is 2. The van der Waals surface area contributed by atoms with Crippen LogP contribution in [0.4, 0.5) is 4.79 Å². The van der Waals surface area contributed by atoms with Crippen LogP contribution in [0.3, 0.4) is 0 Å². The Hall–Kier alpha value is -2.13. The molecule has 0 bridgehead atoms. The van der Waals surface area contributed by atoms with Gasteiger partial charge in [0.1, 0.15) is 5.60 Å². The molecule has 0 aromatic carbocycles. The number of piperidine rings is 1. The third-order valence-electron chi connectivity index (χ3n) is 6.04. The highest BCUT2D eigenvalue weighted by Crippen LogP contribution is 2.33. The van der Waals surface area contributed by atoms with Gasteiger partial charge < -0.3 is 19.7 Å². The molecule has 0 spiro atoms. The zero-order valence-electron chi connectivity index (χ0n) is 21.1. The maximum atomic E-state index is 13.1. The summed E-state index contributed by atoms with van der Waals surface area (Å²) in [7, 11) is 0. The number of nitrogens with zero attached hydrogens (tertiary/aromatic N) is 4. The lowest BCUT2D eigenvalue weighted by Gasteiger charge is -2.35. The number of hydrogen-bond acceptors (Lipinski definition) is 6. The summed E-state index contributed by atoms with van der Waals surface area (Å²) >= 11 is 0. The molecule has 186 valence electrons. The lowest BCUT2D eigenvalue weighted by atomic mass is 9.90. The Morgan fingerprint density at radius 2 is 1.73 bits per heavy atom. The van der Waals surface area contributed by atoms with Crippen molar-refractivity contribution in [2.45, 2.75) is 71.4 Å². The molecule has 1 aromatic heterocycles. The van der Waals surface area contributed by atoms with Crippen LogP contribution in [0.1, 0.15) is 76.4 Å². The minimum atomic E-state index is -0.509. The molecule has 9 nitrogen and oxygen atoms in total. The highest BCUT2D eigenvalue weighted by molar-refractivity contribution is 5.95. The third-order valence-corrected chi connectivity index (χ3v) is 6.04. The number of carbonyl (C=O) groups is 2. The smallest absolute Gasteiger partial charge is 0.410 e. The van der Waals surface area contributed by atoms with Crippen LogP contribution >= 0.6 is 0 Å². The monoisotopic (exact) mass is 463 g/mol.